The maximum atomic E-state index is 14.7. The first-order chi connectivity index (χ1) is 13.9. The van der Waals surface area contributed by atoms with Crippen LogP contribution in [0.5, 0.6) is 0 Å². The van der Waals surface area contributed by atoms with Gasteiger partial charge in [-0.15, -0.1) is 0 Å². The summed E-state index contributed by atoms with van der Waals surface area (Å²) in [6.45, 7) is 0.981. The van der Waals surface area contributed by atoms with Gasteiger partial charge in [0.15, 0.2) is 11.5 Å². The number of hydrogen-bond acceptors (Lipinski definition) is 5. The summed E-state index contributed by atoms with van der Waals surface area (Å²) in [4.78, 5) is 30.2. The second-order valence-corrected chi connectivity index (χ2v) is 8.27. The van der Waals surface area contributed by atoms with Crippen molar-refractivity contribution >= 4 is 11.7 Å². The summed E-state index contributed by atoms with van der Waals surface area (Å²) < 4.78 is 26.3. The molecule has 0 N–H and O–H groups in total. The molecule has 1 aromatic carbocycles. The van der Waals surface area contributed by atoms with Crippen LogP contribution >= 0.6 is 0 Å². The molecule has 0 radical (unpaired) electrons. The summed E-state index contributed by atoms with van der Waals surface area (Å²) >= 11 is 0. The lowest BCUT2D eigenvalue weighted by atomic mass is 9.76. The van der Waals surface area contributed by atoms with Gasteiger partial charge in [0.05, 0.1) is 23.6 Å². The Morgan fingerprint density at radius 3 is 2.69 bits per heavy atom. The van der Waals surface area contributed by atoms with E-state index in [4.69, 9.17) is 9.47 Å². The summed E-state index contributed by atoms with van der Waals surface area (Å²) in [5.74, 6) is -1.05. The molecule has 1 saturated carbocycles. The van der Waals surface area contributed by atoms with Crippen LogP contribution in [0.15, 0.2) is 35.6 Å². The van der Waals surface area contributed by atoms with Crippen molar-refractivity contribution in [2.24, 2.45) is 5.92 Å². The lowest BCUT2D eigenvalue weighted by Crippen LogP contribution is -2.43. The van der Waals surface area contributed by atoms with Gasteiger partial charge in [-0.3, -0.25) is 9.59 Å². The molecule has 3 aliphatic rings. The molecule has 1 amide bonds. The summed E-state index contributed by atoms with van der Waals surface area (Å²) in [5.41, 5.74) is 0.654. The minimum atomic E-state index is -0.743. The Kier molecular flexibility index (Phi) is 5.44. The smallest absolute Gasteiger partial charge is 0.290 e. The zero-order chi connectivity index (χ0) is 20.7. The zero-order valence-electron chi connectivity index (χ0n) is 17.1. The second-order valence-electron chi connectivity index (χ2n) is 8.27. The van der Waals surface area contributed by atoms with Gasteiger partial charge in [-0.25, -0.2) is 4.39 Å². The Balaban J connectivity index is 1.74. The van der Waals surface area contributed by atoms with E-state index in [1.165, 1.54) is 6.07 Å². The number of nitrogens with zero attached hydrogens (tertiary/aromatic N) is 2. The van der Waals surface area contributed by atoms with Crippen LogP contribution in [0.1, 0.15) is 30.9 Å². The SMILES string of the molecule is COC1CCC2C(=O)C3=C(OC2C1)C(=O)N(CCN(C)C)C3c1ccccc1F. The fraction of sp³-hybridized carbons (Fsp3) is 0.545. The topological polar surface area (TPSA) is 59.1 Å². The maximum absolute atomic E-state index is 14.7. The number of rotatable bonds is 5. The van der Waals surface area contributed by atoms with Crippen LogP contribution < -0.4 is 0 Å². The van der Waals surface area contributed by atoms with Crippen LogP contribution in [0.4, 0.5) is 4.39 Å². The Morgan fingerprint density at radius 2 is 2.00 bits per heavy atom. The number of fused-ring (bicyclic) bond motifs is 1. The molecule has 0 aromatic heterocycles. The molecule has 2 aliphatic heterocycles. The average Bonchev–Trinajstić information content (AvgIpc) is 2.98. The van der Waals surface area contributed by atoms with E-state index in [1.807, 2.05) is 19.0 Å². The van der Waals surface area contributed by atoms with E-state index in [9.17, 15) is 14.0 Å². The molecule has 156 valence electrons. The highest BCUT2D eigenvalue weighted by molar-refractivity contribution is 6.11. The van der Waals surface area contributed by atoms with E-state index < -0.39 is 11.9 Å². The molecule has 0 spiro atoms. The van der Waals surface area contributed by atoms with E-state index in [0.29, 0.717) is 37.1 Å². The van der Waals surface area contributed by atoms with Crippen molar-refractivity contribution in [3.63, 3.8) is 0 Å². The van der Waals surface area contributed by atoms with Crippen LogP contribution in [-0.2, 0) is 19.1 Å². The van der Waals surface area contributed by atoms with Crippen molar-refractivity contribution in [1.82, 2.24) is 9.80 Å². The van der Waals surface area contributed by atoms with Crippen LogP contribution in [0.25, 0.3) is 0 Å². The number of hydrogen-bond donors (Lipinski definition) is 0. The number of carbonyl (C=O) groups excluding carboxylic acids is 2. The maximum Gasteiger partial charge on any atom is 0.290 e. The van der Waals surface area contributed by atoms with Gasteiger partial charge in [-0.05, 0) is 33.0 Å². The molecule has 7 heteroatoms. The molecule has 0 saturated heterocycles. The highest BCUT2D eigenvalue weighted by Crippen LogP contribution is 2.47. The van der Waals surface area contributed by atoms with E-state index in [1.54, 1.807) is 30.2 Å². The molecular formula is C22H27FN2O4. The Labute approximate surface area is 170 Å². The largest absolute Gasteiger partial charge is 0.483 e. The zero-order valence-corrected chi connectivity index (χ0v) is 17.1. The van der Waals surface area contributed by atoms with Crippen LogP contribution in [0.3, 0.4) is 0 Å². The van der Waals surface area contributed by atoms with Crippen molar-refractivity contribution in [3.05, 3.63) is 47.0 Å². The molecule has 4 rings (SSSR count). The van der Waals surface area contributed by atoms with Gasteiger partial charge in [0.1, 0.15) is 11.9 Å². The number of carbonyl (C=O) groups is 2. The molecule has 1 aliphatic carbocycles. The normalized spacial score (nSPS) is 29.2. The summed E-state index contributed by atoms with van der Waals surface area (Å²) in [7, 11) is 5.47. The number of benzene rings is 1. The van der Waals surface area contributed by atoms with Crippen molar-refractivity contribution in [2.45, 2.75) is 37.5 Å². The fourth-order valence-corrected chi connectivity index (χ4v) is 4.65. The summed E-state index contributed by atoms with van der Waals surface area (Å²) in [6.07, 6.45) is 1.67. The molecule has 0 bridgehead atoms. The molecule has 29 heavy (non-hydrogen) atoms. The number of halogens is 1. The first-order valence-electron chi connectivity index (χ1n) is 10.1. The number of likely N-dealkylation sites (N-methyl/N-ethyl adjacent to an activating group) is 1. The quantitative estimate of drug-likeness (QED) is 0.757. The summed E-state index contributed by atoms with van der Waals surface area (Å²) in [6, 6.07) is 5.60. The lowest BCUT2D eigenvalue weighted by Gasteiger charge is -2.38. The Bertz CT molecular complexity index is 853. The number of amides is 1. The third-order valence-electron chi connectivity index (χ3n) is 6.22. The standard InChI is InChI=1S/C22H27FN2O4/c1-24(2)10-11-25-19(14-6-4-5-7-16(14)23)18-20(26)15-9-8-13(28-3)12-17(15)29-21(18)22(25)27/h4-7,13,15,17,19H,8-12H2,1-3H3. The number of methoxy groups -OCH3 is 1. The van der Waals surface area contributed by atoms with Gasteiger partial charge in [0.25, 0.3) is 5.91 Å². The van der Waals surface area contributed by atoms with Crippen LogP contribution in [-0.4, -0.2) is 68.0 Å². The number of ether oxygens (including phenoxy) is 2. The Hall–Kier alpha value is -2.25. The molecule has 1 fully saturated rings. The summed E-state index contributed by atoms with van der Waals surface area (Å²) in [5, 5.41) is 0. The van der Waals surface area contributed by atoms with Gasteiger partial charge in [-0.2, -0.15) is 0 Å². The van der Waals surface area contributed by atoms with Gasteiger partial charge in [0, 0.05) is 32.2 Å². The molecule has 1 aromatic rings. The van der Waals surface area contributed by atoms with Crippen molar-refractivity contribution < 1.29 is 23.5 Å². The highest BCUT2D eigenvalue weighted by Gasteiger charge is 2.53. The first-order valence-corrected chi connectivity index (χ1v) is 10.1. The third kappa shape index (κ3) is 3.46. The van der Waals surface area contributed by atoms with E-state index in [0.717, 1.165) is 6.42 Å². The molecule has 6 nitrogen and oxygen atoms in total. The minimum Gasteiger partial charge on any atom is -0.483 e. The number of ketones is 1. The third-order valence-corrected chi connectivity index (χ3v) is 6.22. The van der Waals surface area contributed by atoms with E-state index in [-0.39, 0.29) is 35.6 Å². The highest BCUT2D eigenvalue weighted by atomic mass is 19.1. The lowest BCUT2D eigenvalue weighted by molar-refractivity contribution is -0.138. The second kappa shape index (κ2) is 7.88. The van der Waals surface area contributed by atoms with Crippen LogP contribution in [0, 0.1) is 11.7 Å². The number of Topliss-reactive ketones (excluding diaryl/α,β-unsaturated/α-hetero) is 1. The molecule has 4 atom stereocenters. The molecule has 4 unspecified atom stereocenters. The average molecular weight is 402 g/mol. The van der Waals surface area contributed by atoms with Gasteiger partial charge < -0.3 is 19.3 Å². The molecular weight excluding hydrogens is 375 g/mol. The van der Waals surface area contributed by atoms with Crippen LogP contribution in [0.2, 0.25) is 0 Å². The van der Waals surface area contributed by atoms with Gasteiger partial charge in [-0.1, -0.05) is 18.2 Å². The Morgan fingerprint density at radius 1 is 1.24 bits per heavy atom. The van der Waals surface area contributed by atoms with Gasteiger partial charge in [0.2, 0.25) is 0 Å². The van der Waals surface area contributed by atoms with E-state index in [2.05, 4.69) is 0 Å². The van der Waals surface area contributed by atoms with Crippen molar-refractivity contribution in [3.8, 4) is 0 Å². The molecule has 2 heterocycles. The monoisotopic (exact) mass is 402 g/mol. The predicted molar refractivity (Wildman–Crippen MR) is 104 cm³/mol. The van der Waals surface area contributed by atoms with E-state index >= 15 is 0 Å². The van der Waals surface area contributed by atoms with Gasteiger partial charge >= 0.3 is 0 Å². The fourth-order valence-electron chi connectivity index (χ4n) is 4.65. The predicted octanol–water partition coefficient (Wildman–Crippen LogP) is 2.31. The minimum absolute atomic E-state index is 0.0231. The van der Waals surface area contributed by atoms with Crippen molar-refractivity contribution in [1.29, 1.82) is 0 Å². The first kappa shape index (κ1) is 20.0. The van der Waals surface area contributed by atoms with Crippen molar-refractivity contribution in [2.75, 3.05) is 34.3 Å².